The van der Waals surface area contributed by atoms with Crippen LogP contribution in [0.4, 0.5) is 0 Å². The van der Waals surface area contributed by atoms with Gasteiger partial charge < -0.3 is 10.1 Å². The highest BCUT2D eigenvalue weighted by Gasteiger charge is 2.31. The van der Waals surface area contributed by atoms with Crippen LogP contribution in [0.25, 0.3) is 0 Å². The van der Waals surface area contributed by atoms with E-state index >= 15 is 0 Å². The third-order valence-electron chi connectivity index (χ3n) is 3.33. The molecule has 0 spiro atoms. The van der Waals surface area contributed by atoms with Crippen LogP contribution in [-0.2, 0) is 14.6 Å². The zero-order valence-electron chi connectivity index (χ0n) is 11.3. The lowest BCUT2D eigenvalue weighted by molar-refractivity contribution is 0.115. The molecule has 0 bridgehead atoms. The lowest BCUT2D eigenvalue weighted by Gasteiger charge is -2.35. The molecule has 1 aliphatic carbocycles. The largest absolute Gasteiger partial charge is 0.383 e. The Morgan fingerprint density at radius 3 is 2.53 bits per heavy atom. The normalized spacial score (nSPS) is 27.1. The second-order valence-electron chi connectivity index (χ2n) is 5.78. The van der Waals surface area contributed by atoms with Gasteiger partial charge in [0, 0.05) is 24.9 Å². The van der Waals surface area contributed by atoms with Gasteiger partial charge in [-0.15, -0.1) is 0 Å². The van der Waals surface area contributed by atoms with Gasteiger partial charge in [-0.25, -0.2) is 8.42 Å². The summed E-state index contributed by atoms with van der Waals surface area (Å²) in [6.07, 6.45) is 4.92. The quantitative estimate of drug-likeness (QED) is 0.813. The first-order valence-corrected chi connectivity index (χ1v) is 8.15. The van der Waals surface area contributed by atoms with Gasteiger partial charge in [0.25, 0.3) is 0 Å². The first-order valence-electron chi connectivity index (χ1n) is 6.20. The molecule has 4 nitrogen and oxygen atoms in total. The summed E-state index contributed by atoms with van der Waals surface area (Å²) in [7, 11) is -1.21. The minimum atomic E-state index is -2.90. The maximum Gasteiger partial charge on any atom is 0.150 e. The second-order valence-corrected chi connectivity index (χ2v) is 8.10. The molecule has 0 heterocycles. The lowest BCUT2D eigenvalue weighted by atomic mass is 9.92. The molecule has 1 saturated carbocycles. The van der Waals surface area contributed by atoms with Crippen LogP contribution in [-0.4, -0.2) is 45.2 Å². The summed E-state index contributed by atoms with van der Waals surface area (Å²) < 4.78 is 28.3. The van der Waals surface area contributed by atoms with Crippen LogP contribution in [0, 0.1) is 0 Å². The van der Waals surface area contributed by atoms with Crippen LogP contribution in [0.1, 0.15) is 39.5 Å². The van der Waals surface area contributed by atoms with Crippen LogP contribution in [0.2, 0.25) is 0 Å². The summed E-state index contributed by atoms with van der Waals surface area (Å²) in [6.45, 7) is 4.80. The van der Waals surface area contributed by atoms with E-state index in [-0.39, 0.29) is 16.8 Å². The standard InChI is InChI=1S/C12H25NO3S/c1-12(2,9-16-3)13-10-6-5-7-11(8-10)17(4,14)15/h10-11,13H,5-9H2,1-4H3. The van der Waals surface area contributed by atoms with Gasteiger partial charge in [-0.2, -0.15) is 0 Å². The van der Waals surface area contributed by atoms with Crippen LogP contribution in [0.5, 0.6) is 0 Å². The smallest absolute Gasteiger partial charge is 0.150 e. The minimum Gasteiger partial charge on any atom is -0.383 e. The molecule has 5 heteroatoms. The number of ether oxygens (including phenoxy) is 1. The molecular weight excluding hydrogens is 238 g/mol. The summed E-state index contributed by atoms with van der Waals surface area (Å²) in [4.78, 5) is 0. The molecule has 0 aromatic rings. The summed E-state index contributed by atoms with van der Waals surface area (Å²) in [6, 6.07) is 0.286. The van der Waals surface area contributed by atoms with Gasteiger partial charge in [0.05, 0.1) is 11.9 Å². The van der Waals surface area contributed by atoms with E-state index in [2.05, 4.69) is 19.2 Å². The van der Waals surface area contributed by atoms with Gasteiger partial charge in [0.15, 0.2) is 0 Å². The van der Waals surface area contributed by atoms with Crippen LogP contribution in [0.15, 0.2) is 0 Å². The Labute approximate surface area is 105 Å². The van der Waals surface area contributed by atoms with Crippen molar-refractivity contribution in [2.75, 3.05) is 20.0 Å². The van der Waals surface area contributed by atoms with Crippen molar-refractivity contribution in [1.29, 1.82) is 0 Å². The summed E-state index contributed by atoms with van der Waals surface area (Å²) in [5.74, 6) is 0. The van der Waals surface area contributed by atoms with E-state index in [1.54, 1.807) is 7.11 Å². The zero-order chi connectivity index (χ0) is 13.1. The molecule has 1 fully saturated rings. The van der Waals surface area contributed by atoms with Crippen LogP contribution in [0.3, 0.4) is 0 Å². The van der Waals surface area contributed by atoms with Gasteiger partial charge in [-0.05, 0) is 33.1 Å². The molecule has 0 saturated heterocycles. The maximum absolute atomic E-state index is 11.6. The molecule has 0 aromatic heterocycles. The van der Waals surface area contributed by atoms with Crippen molar-refractivity contribution in [3.8, 4) is 0 Å². The van der Waals surface area contributed by atoms with Gasteiger partial charge in [-0.1, -0.05) is 6.42 Å². The maximum atomic E-state index is 11.6. The summed E-state index contributed by atoms with van der Waals surface area (Å²) >= 11 is 0. The third kappa shape index (κ3) is 4.94. The molecule has 0 radical (unpaired) electrons. The van der Waals surface area contributed by atoms with E-state index in [4.69, 9.17) is 4.74 Å². The Bertz CT molecular complexity index is 338. The SMILES string of the molecule is COCC(C)(C)NC1CCCC(S(C)(=O)=O)C1. The molecular formula is C12H25NO3S. The molecule has 2 unspecified atom stereocenters. The van der Waals surface area contributed by atoms with Gasteiger partial charge in [-0.3, -0.25) is 0 Å². The van der Waals surface area contributed by atoms with E-state index in [0.717, 1.165) is 25.7 Å². The Morgan fingerprint density at radius 1 is 1.35 bits per heavy atom. The number of hydrogen-bond acceptors (Lipinski definition) is 4. The molecule has 1 aliphatic rings. The summed E-state index contributed by atoms with van der Waals surface area (Å²) in [5.41, 5.74) is -0.0984. The number of rotatable bonds is 5. The topological polar surface area (TPSA) is 55.4 Å². The van der Waals surface area contributed by atoms with Crippen molar-refractivity contribution in [3.05, 3.63) is 0 Å². The highest BCUT2D eigenvalue weighted by atomic mass is 32.2. The molecule has 1 N–H and O–H groups in total. The number of sulfone groups is 1. The zero-order valence-corrected chi connectivity index (χ0v) is 12.1. The van der Waals surface area contributed by atoms with Gasteiger partial charge in [0.2, 0.25) is 0 Å². The monoisotopic (exact) mass is 263 g/mol. The van der Waals surface area contributed by atoms with Gasteiger partial charge in [0.1, 0.15) is 9.84 Å². The van der Waals surface area contributed by atoms with Crippen molar-refractivity contribution in [2.24, 2.45) is 0 Å². The highest BCUT2D eigenvalue weighted by Crippen LogP contribution is 2.25. The summed E-state index contributed by atoms with van der Waals surface area (Å²) in [5, 5.41) is 3.33. The Kier molecular flexibility index (Phi) is 4.98. The van der Waals surface area contributed by atoms with Crippen LogP contribution < -0.4 is 5.32 Å². The first kappa shape index (κ1) is 14.9. The number of methoxy groups -OCH3 is 1. The fraction of sp³-hybridized carbons (Fsp3) is 1.00. The predicted molar refractivity (Wildman–Crippen MR) is 70.0 cm³/mol. The van der Waals surface area contributed by atoms with Crippen molar-refractivity contribution in [1.82, 2.24) is 5.32 Å². The average molecular weight is 263 g/mol. The molecule has 0 amide bonds. The number of hydrogen-bond donors (Lipinski definition) is 1. The number of nitrogens with one attached hydrogen (secondary N) is 1. The highest BCUT2D eigenvalue weighted by molar-refractivity contribution is 7.91. The second kappa shape index (κ2) is 5.67. The molecule has 17 heavy (non-hydrogen) atoms. The Balaban J connectivity index is 2.56. The van der Waals surface area contributed by atoms with Crippen molar-refractivity contribution in [3.63, 3.8) is 0 Å². The fourth-order valence-corrected chi connectivity index (χ4v) is 3.80. The van der Waals surface area contributed by atoms with Crippen molar-refractivity contribution in [2.45, 2.75) is 56.4 Å². The predicted octanol–water partition coefficient (Wildman–Crippen LogP) is 1.36. The first-order chi connectivity index (χ1) is 7.74. The molecule has 102 valence electrons. The van der Waals surface area contributed by atoms with E-state index in [9.17, 15) is 8.42 Å². The third-order valence-corrected chi connectivity index (χ3v) is 4.97. The van der Waals surface area contributed by atoms with E-state index < -0.39 is 9.84 Å². The van der Waals surface area contributed by atoms with E-state index in [1.165, 1.54) is 6.26 Å². The average Bonchev–Trinajstić information content (AvgIpc) is 2.15. The molecule has 1 rings (SSSR count). The van der Waals surface area contributed by atoms with E-state index in [1.807, 2.05) is 0 Å². The lowest BCUT2D eigenvalue weighted by Crippen LogP contribution is -2.51. The van der Waals surface area contributed by atoms with Gasteiger partial charge >= 0.3 is 0 Å². The van der Waals surface area contributed by atoms with Crippen LogP contribution >= 0.6 is 0 Å². The Hall–Kier alpha value is -0.130. The minimum absolute atomic E-state index is 0.0984. The van der Waals surface area contributed by atoms with E-state index in [0.29, 0.717) is 6.61 Å². The fourth-order valence-electron chi connectivity index (χ4n) is 2.62. The van der Waals surface area contributed by atoms with Crippen molar-refractivity contribution >= 4 is 9.84 Å². The molecule has 2 atom stereocenters. The molecule has 0 aliphatic heterocycles. The van der Waals surface area contributed by atoms with Crippen molar-refractivity contribution < 1.29 is 13.2 Å². The molecule has 0 aromatic carbocycles. The Morgan fingerprint density at radius 2 is 2.00 bits per heavy atom.